The van der Waals surface area contributed by atoms with E-state index in [1.807, 2.05) is 67.3 Å². The molecule has 0 bridgehead atoms. The molecular formula is C30H37N5O4S. The number of aryl methyl sites for hydroxylation is 2. The first-order chi connectivity index (χ1) is 19.0. The maximum atomic E-state index is 13.3. The molecule has 9 nitrogen and oxygen atoms in total. The van der Waals surface area contributed by atoms with Crippen molar-refractivity contribution >= 4 is 21.8 Å². The number of hydrogen-bond acceptors (Lipinski definition) is 5. The van der Waals surface area contributed by atoms with Crippen LogP contribution in [-0.2, 0) is 17.1 Å². The van der Waals surface area contributed by atoms with Gasteiger partial charge in [0.1, 0.15) is 5.69 Å². The molecule has 2 aliphatic rings. The van der Waals surface area contributed by atoms with E-state index in [2.05, 4.69) is 10.2 Å². The summed E-state index contributed by atoms with van der Waals surface area (Å²) in [6, 6.07) is 18.4. The molecule has 2 unspecified atom stereocenters. The van der Waals surface area contributed by atoms with E-state index in [0.717, 1.165) is 55.0 Å². The van der Waals surface area contributed by atoms with Crippen LogP contribution in [0.4, 0.5) is 0 Å². The molecule has 0 saturated carbocycles. The van der Waals surface area contributed by atoms with Gasteiger partial charge in [-0.1, -0.05) is 48.5 Å². The maximum absolute atomic E-state index is 13.3. The van der Waals surface area contributed by atoms with Crippen LogP contribution in [0.1, 0.15) is 50.0 Å². The number of sulfonamides is 1. The number of likely N-dealkylation sites (tertiary alicyclic amines) is 2. The van der Waals surface area contributed by atoms with Crippen molar-refractivity contribution in [2.45, 2.75) is 31.3 Å². The number of hydrogen-bond donors (Lipinski definition) is 2. The molecule has 10 heteroatoms. The molecule has 1 aromatic heterocycles. The fourth-order valence-corrected chi connectivity index (χ4v) is 7.04. The Kier molecular flexibility index (Phi) is 7.85. The van der Waals surface area contributed by atoms with Gasteiger partial charge in [-0.15, -0.1) is 0 Å². The number of carbonyl (C=O) groups excluding carboxylic acids is 2. The van der Waals surface area contributed by atoms with Gasteiger partial charge in [0, 0.05) is 45.3 Å². The van der Waals surface area contributed by atoms with E-state index in [9.17, 15) is 18.0 Å². The Labute approximate surface area is 236 Å². The number of amides is 2. The van der Waals surface area contributed by atoms with Crippen LogP contribution in [0.3, 0.4) is 0 Å². The predicted molar refractivity (Wildman–Crippen MR) is 153 cm³/mol. The lowest BCUT2D eigenvalue weighted by Gasteiger charge is -2.25. The second-order valence-corrected chi connectivity index (χ2v) is 12.7. The summed E-state index contributed by atoms with van der Waals surface area (Å²) in [5.74, 6) is 0.663. The molecule has 2 aromatic carbocycles. The Morgan fingerprint density at radius 2 is 1.55 bits per heavy atom. The van der Waals surface area contributed by atoms with Crippen LogP contribution in [0.25, 0.3) is 0 Å². The third-order valence-corrected chi connectivity index (χ3v) is 9.38. The Morgan fingerprint density at radius 1 is 0.925 bits per heavy atom. The number of nitrogens with zero attached hydrogens (tertiary/aromatic N) is 3. The second kappa shape index (κ2) is 11.2. The maximum Gasteiger partial charge on any atom is 0.268 e. The second-order valence-electron chi connectivity index (χ2n) is 11.1. The molecule has 3 heterocycles. The van der Waals surface area contributed by atoms with E-state index in [1.165, 1.54) is 23.7 Å². The van der Waals surface area contributed by atoms with Gasteiger partial charge in [-0.05, 0) is 60.9 Å². The predicted octanol–water partition coefficient (Wildman–Crippen LogP) is 2.85. The summed E-state index contributed by atoms with van der Waals surface area (Å²) in [5, 5.41) is 8.28. The van der Waals surface area contributed by atoms with Gasteiger partial charge in [0.15, 0.2) is 5.03 Å². The molecule has 40 heavy (non-hydrogen) atoms. The van der Waals surface area contributed by atoms with Crippen molar-refractivity contribution in [1.29, 1.82) is 0 Å². The van der Waals surface area contributed by atoms with Crippen LogP contribution < -0.4 is 10.5 Å². The topological polar surface area (TPSA) is 118 Å². The molecular weight excluding hydrogens is 526 g/mol. The van der Waals surface area contributed by atoms with E-state index < -0.39 is 10.0 Å². The summed E-state index contributed by atoms with van der Waals surface area (Å²) >= 11 is 0. The van der Waals surface area contributed by atoms with Crippen LogP contribution in [0.5, 0.6) is 0 Å². The number of nitrogens with one attached hydrogen (secondary N) is 1. The standard InChI is InChI=1S/C30H37N5O4S/c1-20-8-7-9-21(2)28(20)30(37)35-18-23-16-34(17-24(23)19-35)15-14-25(22-10-5-4-6-11-22)32-29(36)26-12-13-27(33(26)3)40(31,38)39/h4-13,23-25H,14-19H2,1-3H3,(H,32,36)(H2,31,38,39)/t23-,24?,25?/m0/s1. The Hall–Kier alpha value is -3.47. The van der Waals surface area contributed by atoms with E-state index in [1.54, 1.807) is 0 Å². The average Bonchev–Trinajstić information content (AvgIpc) is 3.59. The van der Waals surface area contributed by atoms with E-state index in [4.69, 9.17) is 5.14 Å². The van der Waals surface area contributed by atoms with Crippen molar-refractivity contribution in [3.63, 3.8) is 0 Å². The minimum Gasteiger partial charge on any atom is -0.344 e. The summed E-state index contributed by atoms with van der Waals surface area (Å²) in [6.45, 7) is 8.18. The van der Waals surface area contributed by atoms with Gasteiger partial charge in [0.05, 0.1) is 6.04 Å². The molecule has 2 saturated heterocycles. The molecule has 3 N–H and O–H groups in total. The molecule has 212 valence electrons. The molecule has 0 spiro atoms. The van der Waals surface area contributed by atoms with Crippen molar-refractivity contribution in [3.05, 3.63) is 88.6 Å². The molecule has 2 aliphatic heterocycles. The zero-order valence-electron chi connectivity index (χ0n) is 23.2. The number of rotatable bonds is 8. The van der Waals surface area contributed by atoms with Gasteiger partial charge in [-0.2, -0.15) is 0 Å². The smallest absolute Gasteiger partial charge is 0.268 e. The molecule has 2 amide bonds. The van der Waals surface area contributed by atoms with Crippen molar-refractivity contribution in [2.75, 3.05) is 32.7 Å². The van der Waals surface area contributed by atoms with Crippen LogP contribution >= 0.6 is 0 Å². The summed E-state index contributed by atoms with van der Waals surface area (Å²) in [7, 11) is -2.42. The van der Waals surface area contributed by atoms with Crippen LogP contribution in [0.2, 0.25) is 0 Å². The highest BCUT2D eigenvalue weighted by atomic mass is 32.2. The largest absolute Gasteiger partial charge is 0.344 e. The first-order valence-corrected chi connectivity index (χ1v) is 15.2. The fraction of sp³-hybridized carbons (Fsp3) is 0.400. The Balaban J connectivity index is 1.22. The van der Waals surface area contributed by atoms with Crippen LogP contribution in [0, 0.1) is 25.7 Å². The average molecular weight is 564 g/mol. The van der Waals surface area contributed by atoms with E-state index >= 15 is 0 Å². The highest BCUT2D eigenvalue weighted by molar-refractivity contribution is 7.89. The van der Waals surface area contributed by atoms with Crippen LogP contribution in [0.15, 0.2) is 65.7 Å². The van der Waals surface area contributed by atoms with Crippen molar-refractivity contribution in [2.24, 2.45) is 24.0 Å². The number of benzene rings is 2. The Bertz CT molecular complexity index is 1480. The lowest BCUT2D eigenvalue weighted by atomic mass is 10.0. The monoisotopic (exact) mass is 563 g/mol. The molecule has 0 radical (unpaired) electrons. The van der Waals surface area contributed by atoms with Gasteiger partial charge < -0.3 is 19.7 Å². The fourth-order valence-electron chi connectivity index (χ4n) is 6.31. The first kappa shape index (κ1) is 28.1. The lowest BCUT2D eigenvalue weighted by molar-refractivity contribution is 0.0772. The van der Waals surface area contributed by atoms with Gasteiger partial charge in [0.25, 0.3) is 21.8 Å². The van der Waals surface area contributed by atoms with Crippen LogP contribution in [-0.4, -0.2) is 67.3 Å². The molecule has 3 aromatic rings. The van der Waals surface area contributed by atoms with Crippen molar-refractivity contribution in [1.82, 2.24) is 19.7 Å². The zero-order chi connectivity index (χ0) is 28.6. The number of nitrogens with two attached hydrogens (primary N) is 1. The van der Waals surface area contributed by atoms with Gasteiger partial charge in [-0.3, -0.25) is 9.59 Å². The minimum absolute atomic E-state index is 0.109. The first-order valence-electron chi connectivity index (χ1n) is 13.6. The number of fused-ring (bicyclic) bond motifs is 1. The van der Waals surface area contributed by atoms with Crippen molar-refractivity contribution in [3.8, 4) is 0 Å². The number of aromatic nitrogens is 1. The minimum atomic E-state index is -3.93. The van der Waals surface area contributed by atoms with Gasteiger partial charge in [-0.25, -0.2) is 13.6 Å². The molecule has 5 rings (SSSR count). The van der Waals surface area contributed by atoms with Gasteiger partial charge in [0.2, 0.25) is 0 Å². The summed E-state index contributed by atoms with van der Waals surface area (Å²) in [5.41, 5.74) is 4.09. The van der Waals surface area contributed by atoms with E-state index in [-0.39, 0.29) is 28.6 Å². The molecule has 3 atom stereocenters. The third-order valence-electron chi connectivity index (χ3n) is 8.39. The quantitative estimate of drug-likeness (QED) is 0.437. The molecule has 0 aliphatic carbocycles. The number of primary sulfonamides is 1. The highest BCUT2D eigenvalue weighted by Crippen LogP contribution is 2.33. The third kappa shape index (κ3) is 5.70. The summed E-state index contributed by atoms with van der Waals surface area (Å²) in [4.78, 5) is 30.9. The Morgan fingerprint density at radius 3 is 2.12 bits per heavy atom. The summed E-state index contributed by atoms with van der Waals surface area (Å²) in [6.07, 6.45) is 0.701. The normalized spacial score (nSPS) is 19.9. The van der Waals surface area contributed by atoms with Gasteiger partial charge >= 0.3 is 0 Å². The highest BCUT2D eigenvalue weighted by Gasteiger charge is 2.42. The lowest BCUT2D eigenvalue weighted by Crippen LogP contribution is -2.36. The SMILES string of the molecule is Cc1cccc(C)c1C(=O)N1CC2CN(CCC(NC(=O)c3ccc(S(N)(=O)=O)n3C)c3ccccc3)C[C@H]2C1. The van der Waals surface area contributed by atoms with E-state index in [0.29, 0.717) is 18.3 Å². The summed E-state index contributed by atoms with van der Waals surface area (Å²) < 4.78 is 25.0. The zero-order valence-corrected chi connectivity index (χ0v) is 24.0. The number of carbonyl (C=O) groups is 2. The molecule has 2 fully saturated rings. The van der Waals surface area contributed by atoms with Crippen molar-refractivity contribution < 1.29 is 18.0 Å².